The standard InChI is InChI=1S/C34H26N2O6S/c1-3-40-33(38)29-30(21-10-5-4-6-11-21)35-34-36(31(29)22-14-16-26-27(17-22)42-19-41-26)32(37)28(43-34)18-24-23-12-8-7-9-20(23)13-15-25(24)39-2/h4-18,31H,3,19H2,1-2H3/b28-18+/t31-/m1/s1. The van der Waals surface area contributed by atoms with Crippen LogP contribution in [0, 0.1) is 0 Å². The van der Waals surface area contributed by atoms with Crippen molar-refractivity contribution in [2.24, 2.45) is 4.99 Å². The summed E-state index contributed by atoms with van der Waals surface area (Å²) in [5.74, 6) is 1.25. The summed E-state index contributed by atoms with van der Waals surface area (Å²) in [4.78, 5) is 33.5. The summed E-state index contributed by atoms with van der Waals surface area (Å²) in [6.07, 6.45) is 1.85. The summed E-state index contributed by atoms with van der Waals surface area (Å²) in [5, 5.41) is 1.98. The smallest absolute Gasteiger partial charge is 0.338 e. The molecule has 4 aromatic carbocycles. The molecular formula is C34H26N2O6S. The molecule has 0 N–H and O–H groups in total. The van der Waals surface area contributed by atoms with Gasteiger partial charge in [-0.05, 0) is 47.5 Å². The van der Waals surface area contributed by atoms with Crippen molar-refractivity contribution in [3.05, 3.63) is 127 Å². The van der Waals surface area contributed by atoms with E-state index in [-0.39, 0.29) is 24.5 Å². The Labute approximate surface area is 250 Å². The van der Waals surface area contributed by atoms with E-state index in [0.717, 1.165) is 21.9 Å². The van der Waals surface area contributed by atoms with Gasteiger partial charge in [-0.3, -0.25) is 9.36 Å². The van der Waals surface area contributed by atoms with Crippen LogP contribution in [0.1, 0.15) is 29.7 Å². The Balaban J connectivity index is 1.53. The molecule has 0 spiro atoms. The van der Waals surface area contributed by atoms with Gasteiger partial charge in [0.25, 0.3) is 5.56 Å². The molecule has 0 saturated heterocycles. The zero-order chi connectivity index (χ0) is 29.5. The van der Waals surface area contributed by atoms with E-state index in [1.54, 1.807) is 24.7 Å². The highest BCUT2D eigenvalue weighted by Gasteiger charge is 2.36. The number of hydrogen-bond acceptors (Lipinski definition) is 8. The second kappa shape index (κ2) is 10.9. The van der Waals surface area contributed by atoms with E-state index in [4.69, 9.17) is 23.9 Å². The van der Waals surface area contributed by atoms with Gasteiger partial charge in [0.15, 0.2) is 16.3 Å². The molecule has 214 valence electrons. The van der Waals surface area contributed by atoms with Crippen LogP contribution in [0.5, 0.6) is 17.2 Å². The number of rotatable bonds is 6. The van der Waals surface area contributed by atoms with Crippen molar-refractivity contribution in [2.45, 2.75) is 13.0 Å². The average Bonchev–Trinajstić information content (AvgIpc) is 3.64. The molecule has 0 aliphatic carbocycles. The Kier molecular flexibility index (Phi) is 6.79. The zero-order valence-electron chi connectivity index (χ0n) is 23.4. The maximum absolute atomic E-state index is 14.4. The summed E-state index contributed by atoms with van der Waals surface area (Å²) in [5.41, 5.74) is 2.65. The molecule has 9 heteroatoms. The highest BCUT2D eigenvalue weighted by molar-refractivity contribution is 7.07. The van der Waals surface area contributed by atoms with Gasteiger partial charge in [-0.15, -0.1) is 0 Å². The Morgan fingerprint density at radius 3 is 2.63 bits per heavy atom. The fourth-order valence-electron chi connectivity index (χ4n) is 5.57. The summed E-state index contributed by atoms with van der Waals surface area (Å²) in [6, 6.07) is 25.9. The van der Waals surface area contributed by atoms with Crippen LogP contribution in [0.15, 0.2) is 100 Å². The molecule has 3 heterocycles. The predicted molar refractivity (Wildman–Crippen MR) is 164 cm³/mol. The fourth-order valence-corrected chi connectivity index (χ4v) is 6.56. The molecular weight excluding hydrogens is 564 g/mol. The Bertz CT molecular complexity index is 2110. The van der Waals surface area contributed by atoms with Crippen LogP contribution in [0.2, 0.25) is 0 Å². The molecule has 1 aromatic heterocycles. The van der Waals surface area contributed by atoms with E-state index in [2.05, 4.69) is 0 Å². The van der Waals surface area contributed by atoms with Crippen molar-refractivity contribution < 1.29 is 23.7 Å². The van der Waals surface area contributed by atoms with E-state index in [9.17, 15) is 9.59 Å². The molecule has 43 heavy (non-hydrogen) atoms. The maximum Gasteiger partial charge on any atom is 0.338 e. The number of aromatic nitrogens is 1. The van der Waals surface area contributed by atoms with Crippen molar-refractivity contribution in [3.63, 3.8) is 0 Å². The van der Waals surface area contributed by atoms with Crippen LogP contribution in [-0.2, 0) is 9.53 Å². The van der Waals surface area contributed by atoms with Gasteiger partial charge >= 0.3 is 5.97 Å². The van der Waals surface area contributed by atoms with Gasteiger partial charge < -0.3 is 18.9 Å². The molecule has 0 radical (unpaired) electrons. The number of hydrogen-bond donors (Lipinski definition) is 0. The maximum atomic E-state index is 14.4. The van der Waals surface area contributed by atoms with E-state index in [1.165, 1.54) is 11.3 Å². The summed E-state index contributed by atoms with van der Waals surface area (Å²) in [6.45, 7) is 2.02. The number of esters is 1. The molecule has 2 aliphatic heterocycles. The number of fused-ring (bicyclic) bond motifs is 3. The third kappa shape index (κ3) is 4.58. The first-order chi connectivity index (χ1) is 21.1. The van der Waals surface area contributed by atoms with E-state index < -0.39 is 12.0 Å². The second-order valence-electron chi connectivity index (χ2n) is 9.95. The molecule has 8 nitrogen and oxygen atoms in total. The molecule has 0 bridgehead atoms. The molecule has 0 saturated carbocycles. The van der Waals surface area contributed by atoms with Crippen molar-refractivity contribution in [1.29, 1.82) is 0 Å². The fraction of sp³-hybridized carbons (Fsp3) is 0.147. The van der Waals surface area contributed by atoms with Gasteiger partial charge in [-0.2, -0.15) is 0 Å². The first kappa shape index (κ1) is 26.7. The quantitative estimate of drug-likeness (QED) is 0.264. The topological polar surface area (TPSA) is 88.4 Å². The largest absolute Gasteiger partial charge is 0.496 e. The van der Waals surface area contributed by atoms with Crippen LogP contribution in [0.4, 0.5) is 0 Å². The molecule has 1 atom stereocenters. The van der Waals surface area contributed by atoms with Crippen LogP contribution in [-0.4, -0.2) is 31.0 Å². The molecule has 5 aromatic rings. The summed E-state index contributed by atoms with van der Waals surface area (Å²) < 4.78 is 24.5. The van der Waals surface area contributed by atoms with Crippen LogP contribution in [0.25, 0.3) is 22.5 Å². The average molecular weight is 591 g/mol. The SMILES string of the molecule is CCOC(=O)C1=C(c2ccccc2)N=c2s/c(=C/c3c(OC)ccc4ccccc34)c(=O)n2[C@@H]1c1ccc2c(c1)OCO2. The van der Waals surface area contributed by atoms with E-state index >= 15 is 0 Å². The number of carbonyl (C=O) groups is 1. The van der Waals surface area contributed by atoms with Crippen LogP contribution < -0.4 is 29.1 Å². The minimum atomic E-state index is -0.823. The molecule has 0 amide bonds. The summed E-state index contributed by atoms with van der Waals surface area (Å²) in [7, 11) is 1.61. The number of ether oxygens (including phenoxy) is 4. The summed E-state index contributed by atoms with van der Waals surface area (Å²) >= 11 is 1.26. The lowest BCUT2D eigenvalue weighted by Crippen LogP contribution is -2.40. The lowest BCUT2D eigenvalue weighted by Gasteiger charge is -2.26. The van der Waals surface area contributed by atoms with Crippen LogP contribution >= 0.6 is 11.3 Å². The third-order valence-corrected chi connectivity index (χ3v) is 8.50. The van der Waals surface area contributed by atoms with Gasteiger partial charge in [-0.1, -0.05) is 78.1 Å². The monoisotopic (exact) mass is 590 g/mol. The number of benzene rings is 4. The third-order valence-electron chi connectivity index (χ3n) is 7.51. The highest BCUT2D eigenvalue weighted by Crippen LogP contribution is 2.40. The first-order valence-corrected chi connectivity index (χ1v) is 14.6. The van der Waals surface area contributed by atoms with Gasteiger partial charge in [0.05, 0.1) is 35.6 Å². The van der Waals surface area contributed by atoms with Gasteiger partial charge in [0.2, 0.25) is 6.79 Å². The predicted octanol–water partition coefficient (Wildman–Crippen LogP) is 4.83. The van der Waals surface area contributed by atoms with Gasteiger partial charge in [0, 0.05) is 11.1 Å². The normalized spacial score (nSPS) is 15.8. The van der Waals surface area contributed by atoms with Crippen molar-refractivity contribution in [3.8, 4) is 17.2 Å². The number of methoxy groups -OCH3 is 1. The van der Waals surface area contributed by atoms with Crippen LogP contribution in [0.3, 0.4) is 0 Å². The molecule has 0 unspecified atom stereocenters. The highest BCUT2D eigenvalue weighted by atomic mass is 32.1. The number of carbonyl (C=O) groups excluding carboxylic acids is 1. The molecule has 2 aliphatic rings. The second-order valence-corrected chi connectivity index (χ2v) is 11.0. The van der Waals surface area contributed by atoms with Crippen molar-refractivity contribution >= 4 is 39.9 Å². The minimum Gasteiger partial charge on any atom is -0.496 e. The van der Waals surface area contributed by atoms with Gasteiger partial charge in [-0.25, -0.2) is 9.79 Å². The van der Waals surface area contributed by atoms with Crippen molar-refractivity contribution in [2.75, 3.05) is 20.5 Å². The Hall–Kier alpha value is -5.15. The number of nitrogens with zero attached hydrogens (tertiary/aromatic N) is 2. The Morgan fingerprint density at radius 1 is 1.02 bits per heavy atom. The minimum absolute atomic E-state index is 0.101. The van der Waals surface area contributed by atoms with E-state index in [1.807, 2.05) is 84.9 Å². The molecule has 0 fully saturated rings. The lowest BCUT2D eigenvalue weighted by molar-refractivity contribution is -0.138. The van der Waals surface area contributed by atoms with Gasteiger partial charge in [0.1, 0.15) is 5.75 Å². The first-order valence-electron chi connectivity index (χ1n) is 13.8. The van der Waals surface area contributed by atoms with E-state index in [0.29, 0.717) is 37.8 Å². The lowest BCUT2D eigenvalue weighted by atomic mass is 9.93. The molecule has 7 rings (SSSR count). The number of thiazole rings is 1. The zero-order valence-corrected chi connectivity index (χ0v) is 24.2. The Morgan fingerprint density at radius 2 is 1.81 bits per heavy atom. The van der Waals surface area contributed by atoms with Crippen molar-refractivity contribution in [1.82, 2.24) is 4.57 Å².